The number of nitrogens with zero attached hydrogens (tertiary/aromatic N) is 1. The van der Waals surface area contributed by atoms with Crippen LogP contribution in [-0.4, -0.2) is 35.8 Å². The molecule has 5 rings (SSSR count). The van der Waals surface area contributed by atoms with E-state index in [2.05, 4.69) is 0 Å². The fourth-order valence-electron chi connectivity index (χ4n) is 4.22. The van der Waals surface area contributed by atoms with Crippen LogP contribution in [0.25, 0.3) is 16.8 Å². The molecule has 1 saturated heterocycles. The number of benzene rings is 4. The summed E-state index contributed by atoms with van der Waals surface area (Å²) in [7, 11) is 0. The van der Waals surface area contributed by atoms with Crippen molar-refractivity contribution in [3.05, 3.63) is 105 Å². The van der Waals surface area contributed by atoms with E-state index in [1.807, 2.05) is 61.5 Å². The van der Waals surface area contributed by atoms with Gasteiger partial charge in [0.25, 0.3) is 11.1 Å². The molecule has 1 aliphatic heterocycles. The largest absolute Gasteiger partial charge is 0.491 e. The van der Waals surface area contributed by atoms with Gasteiger partial charge in [0.15, 0.2) is 11.5 Å². The smallest absolute Gasteiger partial charge is 0.293 e. The van der Waals surface area contributed by atoms with Crippen LogP contribution in [0.15, 0.2) is 83.8 Å². The molecule has 0 spiro atoms. The second-order valence-electron chi connectivity index (χ2n) is 8.84. The lowest BCUT2D eigenvalue weighted by molar-refractivity contribution is -0.123. The van der Waals surface area contributed by atoms with E-state index in [1.165, 1.54) is 4.90 Å². The number of halogens is 2. The summed E-state index contributed by atoms with van der Waals surface area (Å²) in [5.74, 6) is 1.16. The third-order valence-electron chi connectivity index (χ3n) is 6.12. The van der Waals surface area contributed by atoms with Crippen molar-refractivity contribution in [3.63, 3.8) is 0 Å². The molecule has 4 aromatic rings. The minimum atomic E-state index is -0.381. The van der Waals surface area contributed by atoms with Crippen LogP contribution >= 0.6 is 35.0 Å². The molecule has 6 nitrogen and oxygen atoms in total. The zero-order valence-electron chi connectivity index (χ0n) is 21.6. The van der Waals surface area contributed by atoms with Gasteiger partial charge >= 0.3 is 0 Å². The number of thioether (sulfide) groups is 1. The van der Waals surface area contributed by atoms with E-state index in [1.54, 1.807) is 30.3 Å². The lowest BCUT2D eigenvalue weighted by Gasteiger charge is -2.15. The van der Waals surface area contributed by atoms with Crippen LogP contribution in [0.5, 0.6) is 17.2 Å². The number of carbonyl (C=O) groups excluding carboxylic acids is 2. The van der Waals surface area contributed by atoms with Crippen molar-refractivity contribution in [3.8, 4) is 17.2 Å². The van der Waals surface area contributed by atoms with Gasteiger partial charge in [-0.15, -0.1) is 0 Å². The van der Waals surface area contributed by atoms with E-state index in [4.69, 9.17) is 37.4 Å². The Morgan fingerprint density at radius 3 is 2.45 bits per heavy atom. The lowest BCUT2D eigenvalue weighted by Crippen LogP contribution is -2.32. The first kappa shape index (κ1) is 27.9. The summed E-state index contributed by atoms with van der Waals surface area (Å²) >= 11 is 13.4. The van der Waals surface area contributed by atoms with Crippen LogP contribution < -0.4 is 14.2 Å². The number of carbonyl (C=O) groups is 2. The maximum absolute atomic E-state index is 13.1. The van der Waals surface area contributed by atoms with Crippen LogP contribution in [0.2, 0.25) is 10.0 Å². The van der Waals surface area contributed by atoms with Gasteiger partial charge < -0.3 is 14.2 Å². The zero-order valence-corrected chi connectivity index (χ0v) is 23.9. The first-order valence-corrected chi connectivity index (χ1v) is 14.2. The summed E-state index contributed by atoms with van der Waals surface area (Å²) in [4.78, 5) is 27.2. The number of fused-ring (bicyclic) bond motifs is 1. The molecular formula is C31H25Cl2NO5S. The van der Waals surface area contributed by atoms with Crippen LogP contribution in [-0.2, 0) is 11.4 Å². The molecule has 40 heavy (non-hydrogen) atoms. The van der Waals surface area contributed by atoms with Crippen molar-refractivity contribution >= 4 is 63.0 Å². The van der Waals surface area contributed by atoms with Crippen molar-refractivity contribution in [2.24, 2.45) is 0 Å². The Morgan fingerprint density at radius 2 is 1.65 bits per heavy atom. The highest BCUT2D eigenvalue weighted by molar-refractivity contribution is 8.18. The molecule has 0 aliphatic carbocycles. The number of hydrogen-bond donors (Lipinski definition) is 0. The van der Waals surface area contributed by atoms with Gasteiger partial charge in [-0.05, 0) is 71.6 Å². The summed E-state index contributed by atoms with van der Waals surface area (Å²) in [6.07, 6.45) is 1.63. The Labute approximate surface area is 246 Å². The molecule has 0 atom stereocenters. The molecule has 9 heteroatoms. The van der Waals surface area contributed by atoms with Gasteiger partial charge in [-0.2, -0.15) is 0 Å². The Kier molecular flexibility index (Phi) is 8.85. The first-order chi connectivity index (χ1) is 19.4. The monoisotopic (exact) mass is 593 g/mol. The van der Waals surface area contributed by atoms with Crippen LogP contribution in [0.3, 0.4) is 0 Å². The fraction of sp³-hybridized carbons (Fsp3) is 0.161. The maximum Gasteiger partial charge on any atom is 0.293 e. The Bertz CT molecular complexity index is 1580. The standard InChI is InChI=1S/C31H25Cl2NO5S/c1-2-37-27-17-21(16-25(33)29(27)39-19-20-10-12-23(32)13-11-20)18-28-30(35)34(31(36)40-28)14-15-38-26-9-5-7-22-6-3-4-8-24(22)26/h3-13,16-18H,2,14-15,19H2,1H3/b28-18-. The number of hydrogen-bond acceptors (Lipinski definition) is 6. The van der Waals surface area contributed by atoms with Gasteiger partial charge in [-0.1, -0.05) is 71.7 Å². The number of imide groups is 1. The highest BCUT2D eigenvalue weighted by Gasteiger charge is 2.35. The zero-order chi connectivity index (χ0) is 28.1. The van der Waals surface area contributed by atoms with E-state index < -0.39 is 0 Å². The van der Waals surface area contributed by atoms with Crippen molar-refractivity contribution in [2.75, 3.05) is 19.8 Å². The van der Waals surface area contributed by atoms with Crippen molar-refractivity contribution < 1.29 is 23.8 Å². The van der Waals surface area contributed by atoms with Crippen molar-refractivity contribution in [2.45, 2.75) is 13.5 Å². The molecule has 0 unspecified atom stereocenters. The van der Waals surface area contributed by atoms with E-state index in [0.29, 0.717) is 44.4 Å². The fourth-order valence-corrected chi connectivity index (χ4v) is 5.49. The SMILES string of the molecule is CCOc1cc(/C=C2\SC(=O)N(CCOc3cccc4ccccc34)C2=O)cc(Cl)c1OCc1ccc(Cl)cc1. The van der Waals surface area contributed by atoms with Gasteiger partial charge in [-0.25, -0.2) is 0 Å². The molecule has 2 amide bonds. The second kappa shape index (κ2) is 12.7. The molecule has 1 fully saturated rings. The molecule has 0 aromatic heterocycles. The van der Waals surface area contributed by atoms with E-state index in [0.717, 1.165) is 28.1 Å². The molecular weight excluding hydrogens is 569 g/mol. The normalized spacial score (nSPS) is 14.3. The molecule has 1 aliphatic rings. The van der Waals surface area contributed by atoms with E-state index in [9.17, 15) is 9.59 Å². The second-order valence-corrected chi connectivity index (χ2v) is 10.7. The van der Waals surface area contributed by atoms with Gasteiger partial charge in [0.1, 0.15) is 19.0 Å². The van der Waals surface area contributed by atoms with Crippen LogP contribution in [0.1, 0.15) is 18.1 Å². The average Bonchev–Trinajstić information content (AvgIpc) is 3.21. The summed E-state index contributed by atoms with van der Waals surface area (Å²) in [5.41, 5.74) is 1.54. The van der Waals surface area contributed by atoms with Gasteiger partial charge in [-0.3, -0.25) is 14.5 Å². The topological polar surface area (TPSA) is 65.1 Å². The van der Waals surface area contributed by atoms with Crippen LogP contribution in [0.4, 0.5) is 4.79 Å². The first-order valence-electron chi connectivity index (χ1n) is 12.6. The quantitative estimate of drug-likeness (QED) is 0.172. The number of rotatable bonds is 10. The Hall–Kier alpha value is -3.65. The van der Waals surface area contributed by atoms with Crippen LogP contribution in [0, 0.1) is 0 Å². The van der Waals surface area contributed by atoms with E-state index in [-0.39, 0.29) is 30.9 Å². The minimum absolute atomic E-state index is 0.133. The molecule has 4 aromatic carbocycles. The highest BCUT2D eigenvalue weighted by Crippen LogP contribution is 2.39. The molecule has 0 bridgehead atoms. The number of ether oxygens (including phenoxy) is 3. The predicted molar refractivity (Wildman–Crippen MR) is 161 cm³/mol. The van der Waals surface area contributed by atoms with Gasteiger partial charge in [0.05, 0.1) is 23.1 Å². The summed E-state index contributed by atoms with van der Waals surface area (Å²) < 4.78 is 17.7. The van der Waals surface area contributed by atoms with Crippen molar-refractivity contribution in [1.82, 2.24) is 4.90 Å². The van der Waals surface area contributed by atoms with Crippen molar-refractivity contribution in [1.29, 1.82) is 0 Å². The summed E-state index contributed by atoms with van der Waals surface area (Å²) in [6.45, 7) is 2.84. The molecule has 0 saturated carbocycles. The van der Waals surface area contributed by atoms with Gasteiger partial charge in [0, 0.05) is 10.4 Å². The average molecular weight is 595 g/mol. The predicted octanol–water partition coefficient (Wildman–Crippen LogP) is 8.24. The number of amides is 2. The lowest BCUT2D eigenvalue weighted by atomic mass is 10.1. The Balaban J connectivity index is 1.27. The molecule has 1 heterocycles. The van der Waals surface area contributed by atoms with E-state index >= 15 is 0 Å². The van der Waals surface area contributed by atoms with Gasteiger partial charge in [0.2, 0.25) is 0 Å². The summed E-state index contributed by atoms with van der Waals surface area (Å²) in [6, 6.07) is 24.4. The Morgan fingerprint density at radius 1 is 0.875 bits per heavy atom. The molecule has 0 N–H and O–H groups in total. The maximum atomic E-state index is 13.1. The minimum Gasteiger partial charge on any atom is -0.491 e. The third-order valence-corrected chi connectivity index (χ3v) is 7.56. The molecule has 0 radical (unpaired) electrons. The highest BCUT2D eigenvalue weighted by atomic mass is 35.5. The third kappa shape index (κ3) is 6.39. The molecule has 204 valence electrons. The summed E-state index contributed by atoms with van der Waals surface area (Å²) in [5, 5.41) is 2.65.